The number of pyridine rings is 1. The van der Waals surface area contributed by atoms with Gasteiger partial charge in [0.05, 0.1) is 13.7 Å². The predicted octanol–water partition coefficient (Wildman–Crippen LogP) is 2.74. The molecule has 5 nitrogen and oxygen atoms in total. The van der Waals surface area contributed by atoms with Gasteiger partial charge in [0.25, 0.3) is 5.91 Å². The molecule has 5 heteroatoms. The van der Waals surface area contributed by atoms with Crippen LogP contribution in [0.1, 0.15) is 17.3 Å². The van der Waals surface area contributed by atoms with Crippen LogP contribution in [0.25, 0.3) is 0 Å². The number of rotatable bonds is 5. The van der Waals surface area contributed by atoms with Crippen LogP contribution in [0.3, 0.4) is 0 Å². The van der Waals surface area contributed by atoms with Gasteiger partial charge in [0.15, 0.2) is 0 Å². The van der Waals surface area contributed by atoms with Crippen LogP contribution in [-0.4, -0.2) is 24.6 Å². The lowest BCUT2D eigenvalue weighted by molar-refractivity contribution is 0.102. The van der Waals surface area contributed by atoms with Crippen molar-refractivity contribution < 1.29 is 14.3 Å². The average molecular weight is 272 g/mol. The van der Waals surface area contributed by atoms with E-state index in [1.165, 1.54) is 0 Å². The van der Waals surface area contributed by atoms with Gasteiger partial charge < -0.3 is 14.8 Å². The van der Waals surface area contributed by atoms with Crippen LogP contribution in [0.4, 0.5) is 5.69 Å². The second-order valence-corrected chi connectivity index (χ2v) is 3.98. The smallest absolute Gasteiger partial charge is 0.261 e. The molecule has 0 radical (unpaired) electrons. The third-order valence-electron chi connectivity index (χ3n) is 2.62. The van der Waals surface area contributed by atoms with Gasteiger partial charge in [-0.3, -0.25) is 4.79 Å². The SMILES string of the molecule is CCOc1ncccc1C(=O)Nc1cccc(OC)c1. The molecule has 1 amide bonds. The second kappa shape index (κ2) is 6.56. The van der Waals surface area contributed by atoms with Crippen molar-refractivity contribution in [3.05, 3.63) is 48.2 Å². The van der Waals surface area contributed by atoms with Crippen LogP contribution in [0.2, 0.25) is 0 Å². The van der Waals surface area contributed by atoms with Crippen molar-refractivity contribution >= 4 is 11.6 Å². The van der Waals surface area contributed by atoms with Crippen molar-refractivity contribution in [2.45, 2.75) is 6.92 Å². The van der Waals surface area contributed by atoms with E-state index in [4.69, 9.17) is 9.47 Å². The predicted molar refractivity (Wildman–Crippen MR) is 76.4 cm³/mol. The van der Waals surface area contributed by atoms with Gasteiger partial charge in [-0.15, -0.1) is 0 Å². The summed E-state index contributed by atoms with van der Waals surface area (Å²) in [4.78, 5) is 16.3. The lowest BCUT2D eigenvalue weighted by Gasteiger charge is -2.10. The van der Waals surface area contributed by atoms with E-state index in [-0.39, 0.29) is 5.91 Å². The van der Waals surface area contributed by atoms with E-state index in [2.05, 4.69) is 10.3 Å². The minimum atomic E-state index is -0.269. The van der Waals surface area contributed by atoms with Gasteiger partial charge >= 0.3 is 0 Å². The molecule has 1 aromatic carbocycles. The highest BCUT2D eigenvalue weighted by Crippen LogP contribution is 2.20. The first kappa shape index (κ1) is 13.9. The number of amides is 1. The molecule has 0 aliphatic heterocycles. The maximum atomic E-state index is 12.2. The first-order valence-corrected chi connectivity index (χ1v) is 6.27. The fourth-order valence-electron chi connectivity index (χ4n) is 1.71. The maximum Gasteiger partial charge on any atom is 0.261 e. The van der Waals surface area contributed by atoms with E-state index in [0.29, 0.717) is 29.5 Å². The van der Waals surface area contributed by atoms with Gasteiger partial charge in [0, 0.05) is 18.0 Å². The number of carbonyl (C=O) groups is 1. The number of ether oxygens (including phenoxy) is 2. The Bertz CT molecular complexity index is 599. The largest absolute Gasteiger partial charge is 0.497 e. The first-order chi connectivity index (χ1) is 9.74. The minimum Gasteiger partial charge on any atom is -0.497 e. The molecule has 0 atom stereocenters. The number of aromatic nitrogens is 1. The molecule has 0 bridgehead atoms. The number of anilines is 1. The Balaban J connectivity index is 2.19. The summed E-state index contributed by atoms with van der Waals surface area (Å²) >= 11 is 0. The van der Waals surface area contributed by atoms with Crippen molar-refractivity contribution in [1.82, 2.24) is 4.98 Å². The molecule has 0 spiro atoms. The van der Waals surface area contributed by atoms with Crippen molar-refractivity contribution in [3.8, 4) is 11.6 Å². The highest BCUT2D eigenvalue weighted by molar-refractivity contribution is 6.05. The second-order valence-electron chi connectivity index (χ2n) is 3.98. The number of carbonyl (C=O) groups excluding carboxylic acids is 1. The Hall–Kier alpha value is -2.56. The molecule has 2 rings (SSSR count). The molecule has 20 heavy (non-hydrogen) atoms. The number of nitrogens with one attached hydrogen (secondary N) is 1. The van der Waals surface area contributed by atoms with Crippen LogP contribution >= 0.6 is 0 Å². The van der Waals surface area contributed by atoms with Crippen LogP contribution < -0.4 is 14.8 Å². The summed E-state index contributed by atoms with van der Waals surface area (Å²) in [6.45, 7) is 2.30. The topological polar surface area (TPSA) is 60.5 Å². The standard InChI is InChI=1S/C15H16N2O3/c1-3-20-15-13(8-5-9-16-15)14(18)17-11-6-4-7-12(10-11)19-2/h4-10H,3H2,1-2H3,(H,17,18). The lowest BCUT2D eigenvalue weighted by Crippen LogP contribution is -2.14. The van der Waals surface area contributed by atoms with Crippen molar-refractivity contribution in [2.75, 3.05) is 19.0 Å². The van der Waals surface area contributed by atoms with Crippen LogP contribution in [0, 0.1) is 0 Å². The van der Waals surface area contributed by atoms with E-state index >= 15 is 0 Å². The lowest BCUT2D eigenvalue weighted by atomic mass is 10.2. The molecular weight excluding hydrogens is 256 g/mol. The summed E-state index contributed by atoms with van der Waals surface area (Å²) in [5.41, 5.74) is 1.05. The summed E-state index contributed by atoms with van der Waals surface area (Å²) in [5, 5.41) is 2.79. The number of hydrogen-bond donors (Lipinski definition) is 1. The third kappa shape index (κ3) is 3.26. The molecule has 1 heterocycles. The average Bonchev–Trinajstić information content (AvgIpc) is 2.48. The van der Waals surface area contributed by atoms with Crippen LogP contribution in [-0.2, 0) is 0 Å². The van der Waals surface area contributed by atoms with Crippen molar-refractivity contribution in [2.24, 2.45) is 0 Å². The zero-order valence-electron chi connectivity index (χ0n) is 11.4. The Morgan fingerprint density at radius 3 is 2.90 bits per heavy atom. The monoisotopic (exact) mass is 272 g/mol. The summed E-state index contributed by atoms with van der Waals surface area (Å²) in [6, 6.07) is 10.5. The summed E-state index contributed by atoms with van der Waals surface area (Å²) in [6.07, 6.45) is 1.59. The fraction of sp³-hybridized carbons (Fsp3) is 0.200. The van der Waals surface area contributed by atoms with Gasteiger partial charge in [0.2, 0.25) is 5.88 Å². The van der Waals surface area contributed by atoms with Crippen molar-refractivity contribution in [3.63, 3.8) is 0 Å². The molecule has 1 N–H and O–H groups in total. The van der Waals surface area contributed by atoms with Gasteiger partial charge in [-0.05, 0) is 31.2 Å². The molecular formula is C15H16N2O3. The Kier molecular flexibility index (Phi) is 4.55. The summed E-state index contributed by atoms with van der Waals surface area (Å²) in [7, 11) is 1.58. The van der Waals surface area contributed by atoms with Crippen LogP contribution in [0.5, 0.6) is 11.6 Å². The Labute approximate surface area is 117 Å². The maximum absolute atomic E-state index is 12.2. The normalized spacial score (nSPS) is 9.90. The van der Waals surface area contributed by atoms with E-state index in [0.717, 1.165) is 0 Å². The van der Waals surface area contributed by atoms with Gasteiger partial charge in [-0.25, -0.2) is 4.98 Å². The number of nitrogens with zero attached hydrogens (tertiary/aromatic N) is 1. The van der Waals surface area contributed by atoms with Gasteiger partial charge in [0.1, 0.15) is 11.3 Å². The number of benzene rings is 1. The van der Waals surface area contributed by atoms with Crippen LogP contribution in [0.15, 0.2) is 42.6 Å². The number of methoxy groups -OCH3 is 1. The molecule has 0 fully saturated rings. The van der Waals surface area contributed by atoms with Crippen molar-refractivity contribution in [1.29, 1.82) is 0 Å². The summed E-state index contributed by atoms with van der Waals surface area (Å²) in [5.74, 6) is 0.740. The Morgan fingerprint density at radius 1 is 1.30 bits per heavy atom. The van der Waals surface area contributed by atoms with E-state index < -0.39 is 0 Å². The highest BCUT2D eigenvalue weighted by Gasteiger charge is 2.13. The van der Waals surface area contributed by atoms with Gasteiger partial charge in [-0.1, -0.05) is 6.07 Å². The zero-order valence-corrected chi connectivity index (χ0v) is 11.4. The van der Waals surface area contributed by atoms with E-state index in [1.807, 2.05) is 13.0 Å². The molecule has 0 saturated carbocycles. The third-order valence-corrected chi connectivity index (χ3v) is 2.62. The molecule has 2 aromatic rings. The highest BCUT2D eigenvalue weighted by atomic mass is 16.5. The van der Waals surface area contributed by atoms with E-state index in [1.54, 1.807) is 43.6 Å². The van der Waals surface area contributed by atoms with Gasteiger partial charge in [-0.2, -0.15) is 0 Å². The fourth-order valence-corrected chi connectivity index (χ4v) is 1.71. The minimum absolute atomic E-state index is 0.269. The number of hydrogen-bond acceptors (Lipinski definition) is 4. The molecule has 0 saturated heterocycles. The zero-order chi connectivity index (χ0) is 14.4. The molecule has 0 aliphatic rings. The molecule has 104 valence electrons. The molecule has 0 unspecified atom stereocenters. The quantitative estimate of drug-likeness (QED) is 0.909. The molecule has 1 aromatic heterocycles. The summed E-state index contributed by atoms with van der Waals surface area (Å²) < 4.78 is 10.5. The first-order valence-electron chi connectivity index (χ1n) is 6.27. The Morgan fingerprint density at radius 2 is 2.15 bits per heavy atom. The van der Waals surface area contributed by atoms with E-state index in [9.17, 15) is 4.79 Å². The molecule has 0 aliphatic carbocycles.